The summed E-state index contributed by atoms with van der Waals surface area (Å²) < 4.78 is 18.2. The maximum absolute atomic E-state index is 13.0. The molecule has 1 atom stereocenters. The highest BCUT2D eigenvalue weighted by Crippen LogP contribution is 2.30. The van der Waals surface area contributed by atoms with Gasteiger partial charge in [0.2, 0.25) is 5.91 Å². The highest BCUT2D eigenvalue weighted by atomic mass is 19.1. The number of nitrogens with zero attached hydrogens (tertiary/aromatic N) is 1. The maximum atomic E-state index is 13.0. The van der Waals surface area contributed by atoms with E-state index >= 15 is 0 Å². The molecule has 0 radical (unpaired) electrons. The first-order chi connectivity index (χ1) is 14.4. The molecule has 1 saturated heterocycles. The third kappa shape index (κ3) is 5.49. The summed E-state index contributed by atoms with van der Waals surface area (Å²) >= 11 is 0. The number of urea groups is 1. The van der Waals surface area contributed by atoms with E-state index in [0.717, 1.165) is 29.7 Å². The summed E-state index contributed by atoms with van der Waals surface area (Å²) in [5.41, 5.74) is 1.13. The van der Waals surface area contributed by atoms with Crippen molar-refractivity contribution in [1.82, 2.24) is 15.5 Å². The largest absolute Gasteiger partial charge is 0.497 e. The van der Waals surface area contributed by atoms with Gasteiger partial charge in [0.15, 0.2) is 0 Å². The smallest absolute Gasteiger partial charge is 0.317 e. The van der Waals surface area contributed by atoms with Gasteiger partial charge in [0, 0.05) is 26.2 Å². The van der Waals surface area contributed by atoms with Crippen molar-refractivity contribution in [2.75, 3.05) is 20.2 Å². The monoisotopic (exact) mass is 413 g/mol. The van der Waals surface area contributed by atoms with E-state index in [0.29, 0.717) is 26.2 Å². The number of rotatable bonds is 6. The number of ether oxygens (including phenoxy) is 1. The number of carbonyl (C=O) groups excluding carboxylic acids is 2. The fourth-order valence-corrected chi connectivity index (χ4v) is 3.67. The first-order valence-electron chi connectivity index (χ1n) is 10.1. The molecule has 1 fully saturated rings. The third-order valence-corrected chi connectivity index (χ3v) is 5.48. The van der Waals surface area contributed by atoms with Gasteiger partial charge in [0.1, 0.15) is 11.6 Å². The van der Waals surface area contributed by atoms with E-state index in [1.807, 2.05) is 31.2 Å². The van der Waals surface area contributed by atoms with Crippen LogP contribution in [-0.4, -0.2) is 37.0 Å². The maximum Gasteiger partial charge on any atom is 0.317 e. The van der Waals surface area contributed by atoms with E-state index in [4.69, 9.17) is 4.74 Å². The molecular weight excluding hydrogens is 385 g/mol. The Hall–Kier alpha value is -3.09. The summed E-state index contributed by atoms with van der Waals surface area (Å²) in [6.07, 6.45) is 1.48. The lowest BCUT2D eigenvalue weighted by atomic mass is 9.81. The van der Waals surface area contributed by atoms with Crippen LogP contribution in [0.25, 0.3) is 0 Å². The number of likely N-dealkylation sites (tertiary alicyclic amines) is 1. The Morgan fingerprint density at radius 3 is 2.57 bits per heavy atom. The van der Waals surface area contributed by atoms with E-state index in [1.54, 1.807) is 24.1 Å². The lowest BCUT2D eigenvalue weighted by Crippen LogP contribution is -2.53. The van der Waals surface area contributed by atoms with Gasteiger partial charge < -0.3 is 20.3 Å². The number of halogens is 1. The number of amides is 3. The summed E-state index contributed by atoms with van der Waals surface area (Å²) in [6.45, 7) is 3.57. The topological polar surface area (TPSA) is 70.7 Å². The molecule has 1 aliphatic heterocycles. The van der Waals surface area contributed by atoms with Crippen LogP contribution in [0.2, 0.25) is 0 Å². The molecule has 0 unspecified atom stereocenters. The molecule has 30 heavy (non-hydrogen) atoms. The van der Waals surface area contributed by atoms with Crippen molar-refractivity contribution in [3.8, 4) is 5.75 Å². The van der Waals surface area contributed by atoms with E-state index in [1.165, 1.54) is 12.1 Å². The molecule has 1 heterocycles. The molecule has 0 spiro atoms. The van der Waals surface area contributed by atoms with Crippen LogP contribution >= 0.6 is 0 Å². The average molecular weight is 413 g/mol. The van der Waals surface area contributed by atoms with Gasteiger partial charge in [-0.1, -0.05) is 24.3 Å². The van der Waals surface area contributed by atoms with Gasteiger partial charge in [-0.3, -0.25) is 4.79 Å². The molecule has 0 bridgehead atoms. The molecule has 3 rings (SSSR count). The lowest BCUT2D eigenvalue weighted by Gasteiger charge is -2.39. The second-order valence-corrected chi connectivity index (χ2v) is 7.91. The summed E-state index contributed by atoms with van der Waals surface area (Å²) in [4.78, 5) is 27.2. The van der Waals surface area contributed by atoms with Gasteiger partial charge in [0.25, 0.3) is 0 Å². The molecule has 0 saturated carbocycles. The summed E-state index contributed by atoms with van der Waals surface area (Å²) in [5.74, 6) is 0.368. The van der Waals surface area contributed by atoms with Gasteiger partial charge in [-0.05, 0) is 55.2 Å². The molecule has 7 heteroatoms. The molecule has 160 valence electrons. The molecule has 2 aromatic carbocycles. The fourth-order valence-electron chi connectivity index (χ4n) is 3.67. The Balaban J connectivity index is 1.54. The van der Waals surface area contributed by atoms with Crippen molar-refractivity contribution in [1.29, 1.82) is 0 Å². The highest BCUT2D eigenvalue weighted by Gasteiger charge is 2.39. The number of methoxy groups -OCH3 is 1. The quantitative estimate of drug-likeness (QED) is 0.762. The van der Waals surface area contributed by atoms with Crippen LogP contribution in [0, 0.1) is 11.2 Å². The van der Waals surface area contributed by atoms with Crippen LogP contribution in [0.1, 0.15) is 30.9 Å². The van der Waals surface area contributed by atoms with Crippen molar-refractivity contribution in [2.45, 2.75) is 32.9 Å². The SMILES string of the molecule is COc1cccc(CNC(=O)[C@@]2(C)CCCN(C(=O)NCc3ccc(F)cc3)C2)c1. The van der Waals surface area contributed by atoms with Crippen LogP contribution in [0.15, 0.2) is 48.5 Å². The van der Waals surface area contributed by atoms with Crippen LogP contribution in [0.5, 0.6) is 5.75 Å². The zero-order valence-corrected chi connectivity index (χ0v) is 17.4. The highest BCUT2D eigenvalue weighted by molar-refractivity contribution is 5.84. The lowest BCUT2D eigenvalue weighted by molar-refractivity contribution is -0.132. The zero-order chi connectivity index (χ0) is 21.6. The van der Waals surface area contributed by atoms with Gasteiger partial charge >= 0.3 is 6.03 Å². The van der Waals surface area contributed by atoms with Crippen molar-refractivity contribution < 1.29 is 18.7 Å². The Morgan fingerprint density at radius 2 is 1.83 bits per heavy atom. The number of carbonyl (C=O) groups is 2. The van der Waals surface area contributed by atoms with Gasteiger partial charge in [0.05, 0.1) is 12.5 Å². The Bertz CT molecular complexity index is 888. The van der Waals surface area contributed by atoms with Crippen LogP contribution in [0.3, 0.4) is 0 Å². The average Bonchev–Trinajstić information content (AvgIpc) is 2.77. The second-order valence-electron chi connectivity index (χ2n) is 7.91. The van der Waals surface area contributed by atoms with Crippen molar-refractivity contribution in [3.63, 3.8) is 0 Å². The van der Waals surface area contributed by atoms with Crippen molar-refractivity contribution in [3.05, 3.63) is 65.5 Å². The zero-order valence-electron chi connectivity index (χ0n) is 17.4. The van der Waals surface area contributed by atoms with E-state index in [9.17, 15) is 14.0 Å². The van der Waals surface area contributed by atoms with Gasteiger partial charge in [-0.25, -0.2) is 9.18 Å². The molecule has 2 N–H and O–H groups in total. The summed E-state index contributed by atoms with van der Waals surface area (Å²) in [5, 5.41) is 5.85. The van der Waals surface area contributed by atoms with Crippen molar-refractivity contribution >= 4 is 11.9 Å². The number of hydrogen-bond acceptors (Lipinski definition) is 3. The minimum Gasteiger partial charge on any atom is -0.497 e. The fraction of sp³-hybridized carbons (Fsp3) is 0.391. The number of hydrogen-bond donors (Lipinski definition) is 2. The summed E-state index contributed by atoms with van der Waals surface area (Å²) in [6, 6.07) is 13.4. The second kappa shape index (κ2) is 9.61. The Labute approximate surface area is 176 Å². The standard InChI is InChI=1S/C23H28FN3O3/c1-23(21(28)25-15-18-5-3-6-20(13-18)30-2)11-4-12-27(16-23)22(29)26-14-17-7-9-19(24)10-8-17/h3,5-10,13H,4,11-12,14-16H2,1-2H3,(H,25,28)(H,26,29)/t23-/m0/s1. The molecule has 3 amide bonds. The van der Waals surface area contributed by atoms with Crippen LogP contribution in [0.4, 0.5) is 9.18 Å². The van der Waals surface area contributed by atoms with E-state index in [-0.39, 0.29) is 17.8 Å². The minimum atomic E-state index is -0.648. The van der Waals surface area contributed by atoms with Crippen LogP contribution in [-0.2, 0) is 17.9 Å². The number of nitrogens with one attached hydrogen (secondary N) is 2. The van der Waals surface area contributed by atoms with E-state index in [2.05, 4.69) is 10.6 Å². The third-order valence-electron chi connectivity index (χ3n) is 5.48. The Morgan fingerprint density at radius 1 is 1.10 bits per heavy atom. The predicted molar refractivity (Wildman–Crippen MR) is 112 cm³/mol. The number of benzene rings is 2. The van der Waals surface area contributed by atoms with Crippen molar-refractivity contribution in [2.24, 2.45) is 5.41 Å². The minimum absolute atomic E-state index is 0.0682. The first kappa shape index (κ1) is 21.6. The molecule has 1 aliphatic rings. The molecule has 0 aromatic heterocycles. The van der Waals surface area contributed by atoms with Gasteiger partial charge in [-0.15, -0.1) is 0 Å². The first-order valence-corrected chi connectivity index (χ1v) is 10.1. The summed E-state index contributed by atoms with van der Waals surface area (Å²) in [7, 11) is 1.61. The van der Waals surface area contributed by atoms with Crippen LogP contribution < -0.4 is 15.4 Å². The molecule has 2 aromatic rings. The van der Waals surface area contributed by atoms with Gasteiger partial charge in [-0.2, -0.15) is 0 Å². The predicted octanol–water partition coefficient (Wildman–Crippen LogP) is 3.46. The van der Waals surface area contributed by atoms with E-state index < -0.39 is 5.41 Å². The Kier molecular flexibility index (Phi) is 6.92. The number of piperidine rings is 1. The molecule has 6 nitrogen and oxygen atoms in total. The normalized spacial score (nSPS) is 18.6. The molecule has 0 aliphatic carbocycles. The molecular formula is C23H28FN3O3.